The summed E-state index contributed by atoms with van der Waals surface area (Å²) in [6.07, 6.45) is 0. The van der Waals surface area contributed by atoms with Crippen LogP contribution in [0.1, 0.15) is 16.7 Å². The third-order valence-corrected chi connectivity index (χ3v) is 5.43. The lowest BCUT2D eigenvalue weighted by Gasteiger charge is -2.13. The van der Waals surface area contributed by atoms with Gasteiger partial charge in [-0.1, -0.05) is 29.8 Å². The van der Waals surface area contributed by atoms with Crippen LogP contribution in [0.15, 0.2) is 69.6 Å². The first kappa shape index (κ1) is 21.4. The normalized spacial score (nSPS) is 10.5. The lowest BCUT2D eigenvalue weighted by Crippen LogP contribution is -2.20. The van der Waals surface area contributed by atoms with E-state index in [2.05, 4.69) is 73.7 Å². The molecule has 0 spiro atoms. The molecule has 3 aromatic carbocycles. The second-order valence-electron chi connectivity index (χ2n) is 6.81. The summed E-state index contributed by atoms with van der Waals surface area (Å²) in [5, 5.41) is 6.24. The molecule has 1 amide bonds. The van der Waals surface area contributed by atoms with Crippen molar-refractivity contribution in [3.05, 3.63) is 86.3 Å². The van der Waals surface area contributed by atoms with Crippen LogP contribution in [-0.4, -0.2) is 12.5 Å². The summed E-state index contributed by atoms with van der Waals surface area (Å²) in [5.74, 6) is 0.392. The molecule has 0 saturated heterocycles. The number of amides is 1. The van der Waals surface area contributed by atoms with E-state index < -0.39 is 0 Å². The molecule has 0 heterocycles. The van der Waals surface area contributed by atoms with Gasteiger partial charge in [-0.25, -0.2) is 0 Å². The molecule has 0 aliphatic carbocycles. The maximum Gasteiger partial charge on any atom is 0.262 e. The molecule has 0 aromatic heterocycles. The van der Waals surface area contributed by atoms with Crippen LogP contribution in [-0.2, 0) is 11.3 Å². The van der Waals surface area contributed by atoms with E-state index in [-0.39, 0.29) is 12.5 Å². The summed E-state index contributed by atoms with van der Waals surface area (Å²) < 4.78 is 7.31. The molecule has 150 valence electrons. The smallest absolute Gasteiger partial charge is 0.262 e. The Morgan fingerprint density at radius 3 is 2.24 bits per heavy atom. The molecule has 2 N–H and O–H groups in total. The Bertz CT molecular complexity index is 981. The van der Waals surface area contributed by atoms with E-state index in [4.69, 9.17) is 4.74 Å². The van der Waals surface area contributed by atoms with Gasteiger partial charge in [-0.05, 0) is 93.2 Å². The molecule has 0 unspecified atom stereocenters. The number of hydrogen-bond donors (Lipinski definition) is 2. The Kier molecular flexibility index (Phi) is 7.34. The molecule has 0 fully saturated rings. The van der Waals surface area contributed by atoms with Gasteiger partial charge >= 0.3 is 0 Å². The molecule has 0 atom stereocenters. The van der Waals surface area contributed by atoms with Crippen molar-refractivity contribution in [2.75, 3.05) is 17.2 Å². The number of carbonyl (C=O) groups is 1. The number of aryl methyl sites for hydroxylation is 2. The van der Waals surface area contributed by atoms with E-state index in [1.54, 1.807) is 0 Å². The molecule has 3 aromatic rings. The molecule has 0 bridgehead atoms. The predicted octanol–water partition coefficient (Wildman–Crippen LogP) is 6.46. The monoisotopic (exact) mass is 516 g/mol. The van der Waals surface area contributed by atoms with Crippen LogP contribution in [0.25, 0.3) is 0 Å². The van der Waals surface area contributed by atoms with Gasteiger partial charge < -0.3 is 15.4 Å². The number of rotatable bonds is 7. The van der Waals surface area contributed by atoms with Gasteiger partial charge in [-0.2, -0.15) is 0 Å². The number of hydrogen-bond acceptors (Lipinski definition) is 3. The van der Waals surface area contributed by atoms with Crippen molar-refractivity contribution in [3.8, 4) is 5.75 Å². The van der Waals surface area contributed by atoms with E-state index >= 15 is 0 Å². The Labute approximate surface area is 187 Å². The molecule has 0 aliphatic rings. The van der Waals surface area contributed by atoms with Crippen molar-refractivity contribution < 1.29 is 9.53 Å². The van der Waals surface area contributed by atoms with E-state index in [1.807, 2.05) is 43.3 Å². The molecule has 4 nitrogen and oxygen atoms in total. The minimum Gasteiger partial charge on any atom is -0.481 e. The lowest BCUT2D eigenvalue weighted by atomic mass is 10.2. The number of anilines is 2. The fraction of sp³-hybridized carbons (Fsp3) is 0.174. The van der Waals surface area contributed by atoms with Crippen LogP contribution in [0.2, 0.25) is 0 Å². The summed E-state index contributed by atoms with van der Waals surface area (Å²) in [6, 6.07) is 19.9. The van der Waals surface area contributed by atoms with Gasteiger partial charge in [0.15, 0.2) is 6.61 Å². The Hall–Kier alpha value is -2.31. The topological polar surface area (TPSA) is 50.4 Å². The minimum atomic E-state index is -0.209. The summed E-state index contributed by atoms with van der Waals surface area (Å²) in [4.78, 5) is 12.2. The highest BCUT2D eigenvalue weighted by Gasteiger charge is 2.12. The predicted molar refractivity (Wildman–Crippen MR) is 126 cm³/mol. The molecule has 0 aliphatic heterocycles. The quantitative estimate of drug-likeness (QED) is 0.378. The number of benzene rings is 3. The molecule has 3 rings (SSSR count). The standard InChI is InChI=1S/C23H22Br2N2O2/c1-15-6-8-18(9-7-15)26-13-17-11-20(24)23(21(25)12-17)29-14-22(28)27-19-5-3-4-16(2)10-19/h3-12,26H,13-14H2,1-2H3,(H,27,28). The summed E-state index contributed by atoms with van der Waals surface area (Å²) >= 11 is 7.09. The minimum absolute atomic E-state index is 0.0773. The van der Waals surface area contributed by atoms with Gasteiger partial charge in [0.2, 0.25) is 0 Å². The Morgan fingerprint density at radius 1 is 0.897 bits per heavy atom. The van der Waals surface area contributed by atoms with Crippen LogP contribution in [0.4, 0.5) is 11.4 Å². The maximum atomic E-state index is 12.2. The maximum absolute atomic E-state index is 12.2. The Balaban J connectivity index is 1.58. The Morgan fingerprint density at radius 2 is 1.59 bits per heavy atom. The van der Waals surface area contributed by atoms with Gasteiger partial charge in [-0.15, -0.1) is 0 Å². The van der Waals surface area contributed by atoms with Crippen molar-refractivity contribution >= 4 is 49.1 Å². The molecule has 0 radical (unpaired) electrons. The zero-order chi connectivity index (χ0) is 20.8. The first-order valence-corrected chi connectivity index (χ1v) is 10.8. The second-order valence-corrected chi connectivity index (χ2v) is 8.52. The molecular formula is C23H22Br2N2O2. The van der Waals surface area contributed by atoms with E-state index in [0.717, 1.165) is 31.4 Å². The molecular weight excluding hydrogens is 496 g/mol. The number of carbonyl (C=O) groups excluding carboxylic acids is 1. The highest BCUT2D eigenvalue weighted by Crippen LogP contribution is 2.35. The largest absolute Gasteiger partial charge is 0.481 e. The molecule has 0 saturated carbocycles. The van der Waals surface area contributed by atoms with E-state index in [1.165, 1.54) is 5.56 Å². The van der Waals surface area contributed by atoms with Crippen molar-refractivity contribution in [1.82, 2.24) is 0 Å². The average molecular weight is 518 g/mol. The first-order valence-electron chi connectivity index (χ1n) is 9.18. The van der Waals surface area contributed by atoms with Crippen LogP contribution in [0.3, 0.4) is 0 Å². The highest BCUT2D eigenvalue weighted by atomic mass is 79.9. The third kappa shape index (κ3) is 6.34. The van der Waals surface area contributed by atoms with Gasteiger partial charge in [-0.3, -0.25) is 4.79 Å². The van der Waals surface area contributed by atoms with Crippen LogP contribution < -0.4 is 15.4 Å². The van der Waals surface area contributed by atoms with Crippen molar-refractivity contribution in [2.45, 2.75) is 20.4 Å². The number of halogens is 2. The van der Waals surface area contributed by atoms with Gasteiger partial charge in [0.1, 0.15) is 5.75 Å². The van der Waals surface area contributed by atoms with Gasteiger partial charge in [0.05, 0.1) is 8.95 Å². The van der Waals surface area contributed by atoms with Gasteiger partial charge in [0.25, 0.3) is 5.91 Å². The summed E-state index contributed by atoms with van der Waals surface area (Å²) in [6.45, 7) is 4.65. The fourth-order valence-corrected chi connectivity index (χ4v) is 4.30. The number of ether oxygens (including phenoxy) is 1. The highest BCUT2D eigenvalue weighted by molar-refractivity contribution is 9.11. The fourth-order valence-electron chi connectivity index (χ4n) is 2.79. The molecule has 6 heteroatoms. The van der Waals surface area contributed by atoms with Crippen LogP contribution >= 0.6 is 31.9 Å². The first-order chi connectivity index (χ1) is 13.9. The van der Waals surface area contributed by atoms with E-state index in [0.29, 0.717) is 12.3 Å². The third-order valence-electron chi connectivity index (χ3n) is 4.26. The van der Waals surface area contributed by atoms with Crippen molar-refractivity contribution in [2.24, 2.45) is 0 Å². The average Bonchev–Trinajstić information content (AvgIpc) is 2.67. The zero-order valence-electron chi connectivity index (χ0n) is 16.3. The molecule has 29 heavy (non-hydrogen) atoms. The van der Waals surface area contributed by atoms with Crippen LogP contribution in [0, 0.1) is 13.8 Å². The summed E-state index contributed by atoms with van der Waals surface area (Å²) in [7, 11) is 0. The van der Waals surface area contributed by atoms with Crippen LogP contribution in [0.5, 0.6) is 5.75 Å². The zero-order valence-corrected chi connectivity index (χ0v) is 19.4. The van der Waals surface area contributed by atoms with Gasteiger partial charge in [0, 0.05) is 17.9 Å². The van der Waals surface area contributed by atoms with Crippen molar-refractivity contribution in [3.63, 3.8) is 0 Å². The SMILES string of the molecule is Cc1ccc(NCc2cc(Br)c(OCC(=O)Nc3cccc(C)c3)c(Br)c2)cc1. The summed E-state index contributed by atoms with van der Waals surface area (Å²) in [5.41, 5.74) is 5.23. The van der Waals surface area contributed by atoms with E-state index in [9.17, 15) is 4.79 Å². The lowest BCUT2D eigenvalue weighted by molar-refractivity contribution is -0.118. The number of nitrogens with one attached hydrogen (secondary N) is 2. The van der Waals surface area contributed by atoms with Crippen molar-refractivity contribution in [1.29, 1.82) is 0 Å². The second kappa shape index (κ2) is 9.94.